The van der Waals surface area contributed by atoms with Crippen molar-refractivity contribution in [3.63, 3.8) is 0 Å². The van der Waals surface area contributed by atoms with Crippen molar-refractivity contribution in [2.45, 2.75) is 50.5 Å². The molecule has 0 bridgehead atoms. The fraction of sp³-hybridized carbons (Fsp3) is 0.417. The fourth-order valence-electron chi connectivity index (χ4n) is 4.06. The molecular weight excluding hydrogens is 513 g/mol. The van der Waals surface area contributed by atoms with E-state index in [0.717, 1.165) is 52.5 Å². The zero-order chi connectivity index (χ0) is 27.4. The van der Waals surface area contributed by atoms with Crippen molar-refractivity contribution >= 4 is 27.5 Å². The molecule has 9 nitrogen and oxygen atoms in total. The molecule has 0 aliphatic carbocycles. The van der Waals surface area contributed by atoms with Gasteiger partial charge in [0, 0.05) is 38.8 Å². The Balaban J connectivity index is 1.80. The maximum Gasteiger partial charge on any atom is 0.573 e. The monoisotopic (exact) mass is 542 g/mol. The van der Waals surface area contributed by atoms with Crippen LogP contribution in [0.2, 0.25) is 0 Å². The molecule has 3 N–H and O–H groups in total. The number of sulfonamides is 1. The number of rotatable bonds is 8. The van der Waals surface area contributed by atoms with Gasteiger partial charge in [-0.2, -0.15) is 4.31 Å². The highest BCUT2D eigenvalue weighted by Crippen LogP contribution is 2.27. The summed E-state index contributed by atoms with van der Waals surface area (Å²) < 4.78 is 68.8. The van der Waals surface area contributed by atoms with E-state index < -0.39 is 34.1 Å². The summed E-state index contributed by atoms with van der Waals surface area (Å²) in [6, 6.07) is 7.91. The molecule has 1 aliphatic heterocycles. The number of amides is 2. The van der Waals surface area contributed by atoms with E-state index in [9.17, 15) is 31.2 Å². The highest BCUT2D eigenvalue weighted by molar-refractivity contribution is 7.89. The average Bonchev–Trinajstić information content (AvgIpc) is 2.83. The number of hydrogen-bond acceptors (Lipinski definition) is 6. The Bertz CT molecular complexity index is 1240. The third-order valence-corrected chi connectivity index (χ3v) is 7.86. The van der Waals surface area contributed by atoms with Gasteiger partial charge in [-0.25, -0.2) is 8.42 Å². The summed E-state index contributed by atoms with van der Waals surface area (Å²) in [4.78, 5) is 26.2. The molecule has 0 saturated carbocycles. The van der Waals surface area contributed by atoms with Gasteiger partial charge in [-0.1, -0.05) is 25.5 Å². The van der Waals surface area contributed by atoms with E-state index in [1.807, 2.05) is 19.1 Å². The van der Waals surface area contributed by atoms with Gasteiger partial charge in [0.05, 0.1) is 4.90 Å². The Kier molecular flexibility index (Phi) is 8.69. The molecule has 2 aromatic carbocycles. The molecule has 1 saturated heterocycles. The summed E-state index contributed by atoms with van der Waals surface area (Å²) in [6.45, 7) is 3.16. The minimum Gasteiger partial charge on any atom is -0.406 e. The number of halogens is 3. The van der Waals surface area contributed by atoms with E-state index in [4.69, 9.17) is 5.73 Å². The van der Waals surface area contributed by atoms with Gasteiger partial charge in [0.2, 0.25) is 21.8 Å². The number of aryl methyl sites for hydroxylation is 1. The molecule has 2 amide bonds. The summed E-state index contributed by atoms with van der Waals surface area (Å²) in [6.07, 6.45) is -3.18. The van der Waals surface area contributed by atoms with Crippen LogP contribution in [0.4, 0.5) is 18.9 Å². The van der Waals surface area contributed by atoms with Crippen molar-refractivity contribution in [2.24, 2.45) is 0 Å². The first-order valence-corrected chi connectivity index (χ1v) is 13.0. The van der Waals surface area contributed by atoms with Crippen molar-refractivity contribution in [1.29, 1.82) is 0 Å². The molecule has 2 aromatic rings. The molecular formula is C24H29F3N4O5S. The van der Waals surface area contributed by atoms with Crippen molar-refractivity contribution in [3.8, 4) is 5.75 Å². The van der Waals surface area contributed by atoms with Gasteiger partial charge in [0.15, 0.2) is 0 Å². The normalized spacial score (nSPS) is 16.9. The van der Waals surface area contributed by atoms with Gasteiger partial charge in [-0.15, -0.1) is 13.2 Å². The lowest BCUT2D eigenvalue weighted by Crippen LogP contribution is -2.61. The van der Waals surface area contributed by atoms with Gasteiger partial charge in [-0.05, 0) is 47.9 Å². The number of nitrogens with two attached hydrogens (primary N) is 1. The molecule has 1 fully saturated rings. The maximum absolute atomic E-state index is 13.4. The average molecular weight is 543 g/mol. The van der Waals surface area contributed by atoms with Gasteiger partial charge in [-0.3, -0.25) is 9.59 Å². The van der Waals surface area contributed by atoms with Crippen molar-refractivity contribution in [3.05, 3.63) is 53.6 Å². The molecule has 0 spiro atoms. The first-order valence-electron chi connectivity index (χ1n) is 11.6. The van der Waals surface area contributed by atoms with E-state index >= 15 is 0 Å². The predicted molar refractivity (Wildman–Crippen MR) is 130 cm³/mol. The van der Waals surface area contributed by atoms with E-state index in [1.165, 1.54) is 11.8 Å². The second-order valence-corrected chi connectivity index (χ2v) is 10.5. The number of nitrogen functional groups attached to an aromatic ring is 1. The Hall–Kier alpha value is -3.32. The van der Waals surface area contributed by atoms with Crippen LogP contribution in [0.5, 0.6) is 5.75 Å². The molecule has 0 radical (unpaired) electrons. The minimum atomic E-state index is -4.92. The van der Waals surface area contributed by atoms with Crippen molar-refractivity contribution < 1.29 is 35.9 Å². The summed E-state index contributed by atoms with van der Waals surface area (Å²) in [5.41, 5.74) is 8.39. The van der Waals surface area contributed by atoms with Crippen LogP contribution in [-0.4, -0.2) is 61.5 Å². The fourth-order valence-corrected chi connectivity index (χ4v) is 5.63. The van der Waals surface area contributed by atoms with E-state index in [2.05, 4.69) is 10.1 Å². The molecule has 13 heteroatoms. The number of carbonyl (C=O) groups is 2. The van der Waals surface area contributed by atoms with Crippen LogP contribution in [0.15, 0.2) is 47.4 Å². The second-order valence-electron chi connectivity index (χ2n) is 8.62. The van der Waals surface area contributed by atoms with E-state index in [-0.39, 0.29) is 37.0 Å². The van der Waals surface area contributed by atoms with Crippen LogP contribution in [-0.2, 0) is 32.6 Å². The summed E-state index contributed by atoms with van der Waals surface area (Å²) in [7, 11) is -4.29. The lowest BCUT2D eigenvalue weighted by Gasteiger charge is -2.39. The number of nitrogens with one attached hydrogen (secondary N) is 1. The predicted octanol–water partition coefficient (Wildman–Crippen LogP) is 2.66. The highest BCUT2D eigenvalue weighted by atomic mass is 32.2. The zero-order valence-electron chi connectivity index (χ0n) is 20.4. The molecule has 202 valence electrons. The van der Waals surface area contributed by atoms with Crippen LogP contribution >= 0.6 is 0 Å². The summed E-state index contributed by atoms with van der Waals surface area (Å²) >= 11 is 0. The number of benzene rings is 2. The minimum absolute atomic E-state index is 0.0586. The van der Waals surface area contributed by atoms with E-state index in [1.54, 1.807) is 6.07 Å². The number of anilines is 1. The molecule has 0 unspecified atom stereocenters. The van der Waals surface area contributed by atoms with Gasteiger partial charge in [0.25, 0.3) is 0 Å². The number of nitrogens with zero attached hydrogens (tertiary/aromatic N) is 2. The Labute approximate surface area is 213 Å². The van der Waals surface area contributed by atoms with Crippen LogP contribution in [0.1, 0.15) is 31.4 Å². The van der Waals surface area contributed by atoms with Crippen LogP contribution < -0.4 is 15.8 Å². The first-order chi connectivity index (χ1) is 17.3. The van der Waals surface area contributed by atoms with Crippen LogP contribution in [0.25, 0.3) is 0 Å². The quantitative estimate of drug-likeness (QED) is 0.495. The Morgan fingerprint density at radius 2 is 1.81 bits per heavy atom. The number of piperazine rings is 1. The lowest BCUT2D eigenvalue weighted by molar-refractivity contribution is -0.274. The van der Waals surface area contributed by atoms with Gasteiger partial charge >= 0.3 is 6.36 Å². The molecule has 0 aromatic heterocycles. The summed E-state index contributed by atoms with van der Waals surface area (Å²) in [5, 5.41) is 2.71. The smallest absolute Gasteiger partial charge is 0.406 e. The van der Waals surface area contributed by atoms with Gasteiger partial charge in [0.1, 0.15) is 11.8 Å². The molecule has 3 rings (SSSR count). The van der Waals surface area contributed by atoms with Crippen molar-refractivity contribution in [2.75, 3.05) is 25.4 Å². The third-order valence-electron chi connectivity index (χ3n) is 5.94. The highest BCUT2D eigenvalue weighted by Gasteiger charge is 2.41. The number of ether oxygens (including phenoxy) is 1. The lowest BCUT2D eigenvalue weighted by atomic mass is 10.1. The number of carbonyl (C=O) groups excluding carboxylic acids is 2. The topological polar surface area (TPSA) is 122 Å². The third kappa shape index (κ3) is 7.13. The summed E-state index contributed by atoms with van der Waals surface area (Å²) in [5.74, 6) is -1.52. The number of alkyl halides is 3. The molecule has 1 heterocycles. The first kappa shape index (κ1) is 28.3. The van der Waals surface area contributed by atoms with Crippen LogP contribution in [0, 0.1) is 0 Å². The van der Waals surface area contributed by atoms with Crippen molar-refractivity contribution in [1.82, 2.24) is 14.5 Å². The second kappa shape index (κ2) is 11.4. The maximum atomic E-state index is 13.4. The molecule has 1 aliphatic rings. The largest absolute Gasteiger partial charge is 0.573 e. The molecule has 1 atom stereocenters. The van der Waals surface area contributed by atoms with Gasteiger partial charge < -0.3 is 20.7 Å². The molecule has 37 heavy (non-hydrogen) atoms. The Morgan fingerprint density at radius 3 is 2.38 bits per heavy atom. The van der Waals surface area contributed by atoms with Crippen LogP contribution in [0.3, 0.4) is 0 Å². The Morgan fingerprint density at radius 1 is 1.14 bits per heavy atom. The number of hydrogen-bond donors (Lipinski definition) is 2. The van der Waals surface area contributed by atoms with E-state index in [0.29, 0.717) is 5.69 Å². The standard InChI is InChI=1S/C24H29F3N4O5S/c1-3-4-18-6-5-17(13-21(18)28)14-29-23(33)22-15-30(16(2)32)11-12-31(22)37(34,35)20-9-7-19(8-10-20)36-24(25,26)27/h5-10,13,22H,3-4,11-12,14-15,28H2,1-2H3,(H,29,33)/t22-/m1/s1. The SMILES string of the molecule is CCCc1ccc(CNC(=O)[C@H]2CN(C(C)=O)CCN2S(=O)(=O)c2ccc(OC(F)(F)F)cc2)cc1N. The zero-order valence-corrected chi connectivity index (χ0v) is 21.2.